The normalized spacial score (nSPS) is 11.9. The highest BCUT2D eigenvalue weighted by atomic mass is 16.5. The number of amides is 1. The zero-order valence-corrected chi connectivity index (χ0v) is 10.5. The average Bonchev–Trinajstić information content (AvgIpc) is 2.39. The second-order valence-corrected chi connectivity index (χ2v) is 3.62. The van der Waals surface area contributed by atoms with Crippen LogP contribution in [0.4, 0.5) is 0 Å². The van der Waals surface area contributed by atoms with E-state index in [0.717, 1.165) is 11.3 Å². The molecule has 17 heavy (non-hydrogen) atoms. The molecule has 0 heterocycles. The molecule has 0 fully saturated rings. The highest BCUT2D eigenvalue weighted by molar-refractivity contribution is 5.75. The van der Waals surface area contributed by atoms with Gasteiger partial charge in [0.2, 0.25) is 5.91 Å². The van der Waals surface area contributed by atoms with Crippen LogP contribution in [-0.4, -0.2) is 26.7 Å². The number of carbonyl (C=O) groups excluding carboxylic acids is 1. The number of nitrogens with one attached hydrogen (secondary N) is 1. The number of methoxy groups -OCH3 is 2. The van der Waals surface area contributed by atoms with E-state index >= 15 is 0 Å². The van der Waals surface area contributed by atoms with Crippen LogP contribution in [-0.2, 0) is 9.53 Å². The monoisotopic (exact) mass is 237 g/mol. The fourth-order valence-corrected chi connectivity index (χ4v) is 1.58. The Hall–Kier alpha value is -1.55. The first-order valence-electron chi connectivity index (χ1n) is 5.65. The van der Waals surface area contributed by atoms with Gasteiger partial charge < -0.3 is 14.8 Å². The van der Waals surface area contributed by atoms with Gasteiger partial charge in [-0.25, -0.2) is 0 Å². The summed E-state index contributed by atoms with van der Waals surface area (Å²) in [7, 11) is 3.24. The molecule has 0 saturated heterocycles. The minimum absolute atomic E-state index is 0.0157. The molecule has 4 heteroatoms. The lowest BCUT2D eigenvalue weighted by molar-refractivity contribution is -0.121. The molecule has 4 nitrogen and oxygen atoms in total. The zero-order valence-electron chi connectivity index (χ0n) is 10.5. The summed E-state index contributed by atoms with van der Waals surface area (Å²) >= 11 is 0. The average molecular weight is 237 g/mol. The number of para-hydroxylation sites is 1. The molecular weight excluding hydrogens is 218 g/mol. The Morgan fingerprint density at radius 2 is 2.06 bits per heavy atom. The Morgan fingerprint density at radius 1 is 1.35 bits per heavy atom. The van der Waals surface area contributed by atoms with Crippen LogP contribution in [0.5, 0.6) is 5.75 Å². The van der Waals surface area contributed by atoms with Gasteiger partial charge in [0.15, 0.2) is 0 Å². The highest BCUT2D eigenvalue weighted by Crippen LogP contribution is 2.26. The molecule has 0 saturated carbocycles. The largest absolute Gasteiger partial charge is 0.496 e. The van der Waals surface area contributed by atoms with Crippen molar-refractivity contribution < 1.29 is 14.3 Å². The van der Waals surface area contributed by atoms with E-state index < -0.39 is 0 Å². The Kier molecular flexibility index (Phi) is 5.49. The van der Waals surface area contributed by atoms with Crippen LogP contribution in [0.1, 0.15) is 25.0 Å². The van der Waals surface area contributed by atoms with Gasteiger partial charge in [-0.05, 0) is 6.07 Å². The Balaban J connectivity index is 2.75. The molecule has 0 unspecified atom stereocenters. The van der Waals surface area contributed by atoms with Crippen LogP contribution in [0.2, 0.25) is 0 Å². The second kappa shape index (κ2) is 6.91. The number of hydrogen-bond acceptors (Lipinski definition) is 3. The van der Waals surface area contributed by atoms with E-state index in [1.54, 1.807) is 14.2 Å². The summed E-state index contributed by atoms with van der Waals surface area (Å²) in [6.45, 7) is 2.27. The van der Waals surface area contributed by atoms with Gasteiger partial charge in [-0.2, -0.15) is 0 Å². The summed E-state index contributed by atoms with van der Waals surface area (Å²) in [5.41, 5.74) is 0.939. The second-order valence-electron chi connectivity index (χ2n) is 3.62. The number of ether oxygens (including phenoxy) is 2. The molecule has 0 spiro atoms. The zero-order chi connectivity index (χ0) is 12.7. The lowest BCUT2D eigenvalue weighted by Gasteiger charge is -2.18. The van der Waals surface area contributed by atoms with Crippen molar-refractivity contribution in [3.8, 4) is 5.75 Å². The Morgan fingerprint density at radius 3 is 2.65 bits per heavy atom. The summed E-state index contributed by atoms with van der Waals surface area (Å²) in [5.74, 6) is 0.784. The molecule has 1 atom stereocenters. The van der Waals surface area contributed by atoms with Gasteiger partial charge in [0.05, 0.1) is 7.11 Å². The molecule has 1 aromatic carbocycles. The van der Waals surface area contributed by atoms with Crippen molar-refractivity contribution in [2.45, 2.75) is 19.4 Å². The Labute approximate surface area is 102 Å². The molecule has 94 valence electrons. The van der Waals surface area contributed by atoms with Crippen molar-refractivity contribution in [1.82, 2.24) is 5.32 Å². The third-order valence-corrected chi connectivity index (χ3v) is 2.58. The lowest BCUT2D eigenvalue weighted by atomic mass is 10.1. The van der Waals surface area contributed by atoms with E-state index in [1.807, 2.05) is 31.2 Å². The maximum atomic E-state index is 11.2. The highest BCUT2D eigenvalue weighted by Gasteiger charge is 2.15. The third kappa shape index (κ3) is 3.75. The quantitative estimate of drug-likeness (QED) is 0.822. The van der Waals surface area contributed by atoms with Gasteiger partial charge in [-0.1, -0.05) is 25.1 Å². The minimum atomic E-state index is -0.193. The molecule has 0 aliphatic carbocycles. The predicted octanol–water partition coefficient (Wildman–Crippen LogP) is 1.91. The number of benzene rings is 1. The summed E-state index contributed by atoms with van der Waals surface area (Å²) < 4.78 is 10.6. The van der Waals surface area contributed by atoms with Crippen LogP contribution in [0.15, 0.2) is 24.3 Å². The van der Waals surface area contributed by atoms with Crippen LogP contribution in [0.3, 0.4) is 0 Å². The number of rotatable bonds is 6. The van der Waals surface area contributed by atoms with Crippen molar-refractivity contribution in [2.75, 3.05) is 20.8 Å². The summed E-state index contributed by atoms with van der Waals surface area (Å²) in [6.07, 6.45) is 0.282. The van der Waals surface area contributed by atoms with Gasteiger partial charge in [0.25, 0.3) is 0 Å². The van der Waals surface area contributed by atoms with Crippen molar-refractivity contribution in [2.24, 2.45) is 0 Å². The molecule has 0 radical (unpaired) electrons. The summed E-state index contributed by atoms with van der Waals surface area (Å²) in [5, 5.41) is 2.81. The van der Waals surface area contributed by atoms with E-state index in [2.05, 4.69) is 5.32 Å². The van der Waals surface area contributed by atoms with E-state index in [0.29, 0.717) is 13.0 Å². The first-order chi connectivity index (χ1) is 8.22. The smallest absolute Gasteiger partial charge is 0.219 e. The molecule has 1 amide bonds. The van der Waals surface area contributed by atoms with Crippen LogP contribution in [0, 0.1) is 0 Å². The first kappa shape index (κ1) is 13.5. The van der Waals surface area contributed by atoms with Gasteiger partial charge in [-0.15, -0.1) is 0 Å². The first-order valence-corrected chi connectivity index (χ1v) is 5.65. The van der Waals surface area contributed by atoms with Crippen molar-refractivity contribution in [3.05, 3.63) is 29.8 Å². The molecule has 1 N–H and O–H groups in total. The minimum Gasteiger partial charge on any atom is -0.496 e. The van der Waals surface area contributed by atoms with Crippen molar-refractivity contribution in [3.63, 3.8) is 0 Å². The lowest BCUT2D eigenvalue weighted by Crippen LogP contribution is -2.28. The van der Waals surface area contributed by atoms with Gasteiger partial charge in [0, 0.05) is 25.6 Å². The van der Waals surface area contributed by atoms with Gasteiger partial charge in [0.1, 0.15) is 11.9 Å². The maximum absolute atomic E-state index is 11.2. The van der Waals surface area contributed by atoms with E-state index in [1.165, 1.54) is 0 Å². The molecular formula is C13H19NO3. The fourth-order valence-electron chi connectivity index (χ4n) is 1.58. The topological polar surface area (TPSA) is 47.6 Å². The molecule has 0 aromatic heterocycles. The van der Waals surface area contributed by atoms with Gasteiger partial charge >= 0.3 is 0 Å². The summed E-state index contributed by atoms with van der Waals surface area (Å²) in [4.78, 5) is 11.2. The molecule has 0 aliphatic rings. The fraction of sp³-hybridized carbons (Fsp3) is 0.462. The molecule has 0 bridgehead atoms. The van der Waals surface area contributed by atoms with Crippen molar-refractivity contribution in [1.29, 1.82) is 0 Å². The predicted molar refractivity (Wildman–Crippen MR) is 66.0 cm³/mol. The van der Waals surface area contributed by atoms with E-state index in [9.17, 15) is 4.79 Å². The van der Waals surface area contributed by atoms with Gasteiger partial charge in [-0.3, -0.25) is 4.79 Å². The number of carbonyl (C=O) groups is 1. The third-order valence-electron chi connectivity index (χ3n) is 2.58. The molecule has 0 aliphatic heterocycles. The standard InChI is InChI=1S/C13H19NO3/c1-4-13(15)14-9-12(17-3)10-7-5-6-8-11(10)16-2/h5-8,12H,4,9H2,1-3H3,(H,14,15)/t12-/m0/s1. The maximum Gasteiger partial charge on any atom is 0.219 e. The molecule has 1 aromatic rings. The summed E-state index contributed by atoms with van der Waals surface area (Å²) in [6, 6.07) is 7.64. The van der Waals surface area contributed by atoms with Crippen LogP contribution < -0.4 is 10.1 Å². The van der Waals surface area contributed by atoms with Crippen molar-refractivity contribution >= 4 is 5.91 Å². The SMILES string of the molecule is CCC(=O)NC[C@H](OC)c1ccccc1OC. The number of hydrogen-bond donors (Lipinski definition) is 1. The van der Waals surface area contributed by atoms with Crippen LogP contribution >= 0.6 is 0 Å². The van der Waals surface area contributed by atoms with E-state index in [4.69, 9.17) is 9.47 Å². The molecule has 1 rings (SSSR count). The Bertz CT molecular complexity index is 365. The van der Waals surface area contributed by atoms with Crippen LogP contribution in [0.25, 0.3) is 0 Å². The van der Waals surface area contributed by atoms with E-state index in [-0.39, 0.29) is 12.0 Å².